The van der Waals surface area contributed by atoms with Gasteiger partial charge in [-0.1, -0.05) is 13.8 Å². The van der Waals surface area contributed by atoms with Gasteiger partial charge in [-0.2, -0.15) is 0 Å². The van der Waals surface area contributed by atoms with Crippen molar-refractivity contribution in [3.05, 3.63) is 0 Å². The van der Waals surface area contributed by atoms with Crippen LogP contribution in [-0.2, 0) is 9.47 Å². The van der Waals surface area contributed by atoms with Crippen LogP contribution in [0.1, 0.15) is 26.7 Å². The van der Waals surface area contributed by atoms with Crippen LogP contribution in [0, 0.1) is 0 Å². The Bertz CT molecular complexity index is 58.3. The molecule has 0 spiro atoms. The van der Waals surface area contributed by atoms with Gasteiger partial charge in [0.2, 0.25) is 0 Å². The Balaban J connectivity index is 0.000000371. The second-order valence-electron chi connectivity index (χ2n) is 2.05. The van der Waals surface area contributed by atoms with Crippen LogP contribution in [0.5, 0.6) is 0 Å². The summed E-state index contributed by atoms with van der Waals surface area (Å²) < 4.78 is 10.2. The summed E-state index contributed by atoms with van der Waals surface area (Å²) in [5.41, 5.74) is 0. The molecule has 0 aliphatic carbocycles. The Kier molecular flexibility index (Phi) is 6.98. The molecule has 0 aromatic heterocycles. The Hall–Kier alpha value is -0.0800. The lowest BCUT2D eigenvalue weighted by Gasteiger charge is -2.19. The van der Waals surface area contributed by atoms with E-state index in [1.165, 1.54) is 0 Å². The van der Waals surface area contributed by atoms with Crippen LogP contribution < -0.4 is 0 Å². The van der Waals surface area contributed by atoms with Gasteiger partial charge >= 0.3 is 0 Å². The lowest BCUT2D eigenvalue weighted by molar-refractivity contribution is -0.00998. The average molecular weight is 146 g/mol. The second-order valence-corrected chi connectivity index (χ2v) is 2.05. The molecule has 1 rings (SSSR count). The minimum absolute atomic E-state index is 0.462. The lowest BCUT2D eigenvalue weighted by Crippen LogP contribution is -2.21. The maximum atomic E-state index is 5.12. The molecule has 62 valence electrons. The van der Waals surface area contributed by atoms with Crippen LogP contribution in [-0.4, -0.2) is 26.4 Å². The fourth-order valence-electron chi connectivity index (χ4n) is 0.912. The molecule has 0 unspecified atom stereocenters. The van der Waals surface area contributed by atoms with Gasteiger partial charge < -0.3 is 9.47 Å². The highest BCUT2D eigenvalue weighted by Gasteiger charge is 2.10. The summed E-state index contributed by atoms with van der Waals surface area (Å²) in [6, 6.07) is 0. The standard InChI is InChI=1S/C6H12O2.C2H6/c1-7-6-2-4-8-5-3-6;1-2/h6H,2-5H2,1H3;1-2H3. The molecule has 2 heteroatoms. The van der Waals surface area contributed by atoms with Gasteiger partial charge in [-0.25, -0.2) is 0 Å². The molecule has 1 saturated heterocycles. The van der Waals surface area contributed by atoms with Gasteiger partial charge in [0.05, 0.1) is 6.10 Å². The van der Waals surface area contributed by atoms with Crippen molar-refractivity contribution in [1.29, 1.82) is 0 Å². The van der Waals surface area contributed by atoms with Crippen molar-refractivity contribution in [2.45, 2.75) is 32.8 Å². The SMILES string of the molecule is CC.COC1CCOCC1. The molecule has 0 atom stereocenters. The third-order valence-corrected chi connectivity index (χ3v) is 1.50. The first kappa shape index (κ1) is 9.92. The van der Waals surface area contributed by atoms with Gasteiger partial charge in [0.25, 0.3) is 0 Å². The summed E-state index contributed by atoms with van der Waals surface area (Å²) in [6.07, 6.45) is 2.59. The molecule has 0 bridgehead atoms. The first-order chi connectivity index (χ1) is 4.93. The second kappa shape index (κ2) is 7.03. The van der Waals surface area contributed by atoms with Crippen LogP contribution in [0.25, 0.3) is 0 Å². The van der Waals surface area contributed by atoms with Gasteiger partial charge in [0.1, 0.15) is 0 Å². The van der Waals surface area contributed by atoms with E-state index in [9.17, 15) is 0 Å². The van der Waals surface area contributed by atoms with Crippen molar-refractivity contribution in [2.75, 3.05) is 20.3 Å². The molecule has 10 heavy (non-hydrogen) atoms. The largest absolute Gasteiger partial charge is 0.381 e. The van der Waals surface area contributed by atoms with Crippen LogP contribution >= 0.6 is 0 Å². The van der Waals surface area contributed by atoms with Crippen LogP contribution in [0.4, 0.5) is 0 Å². The Morgan fingerprint density at radius 2 is 1.70 bits per heavy atom. The van der Waals surface area contributed by atoms with E-state index in [1.54, 1.807) is 7.11 Å². The van der Waals surface area contributed by atoms with E-state index in [0.29, 0.717) is 6.10 Å². The Morgan fingerprint density at radius 1 is 1.20 bits per heavy atom. The number of methoxy groups -OCH3 is 1. The summed E-state index contributed by atoms with van der Waals surface area (Å²) in [7, 11) is 1.76. The maximum Gasteiger partial charge on any atom is 0.0615 e. The smallest absolute Gasteiger partial charge is 0.0615 e. The zero-order valence-corrected chi connectivity index (χ0v) is 7.22. The van der Waals surface area contributed by atoms with E-state index in [1.807, 2.05) is 13.8 Å². The molecule has 1 aliphatic rings. The molecule has 0 amide bonds. The van der Waals surface area contributed by atoms with Gasteiger partial charge in [-0.15, -0.1) is 0 Å². The monoisotopic (exact) mass is 146 g/mol. The van der Waals surface area contributed by atoms with Gasteiger partial charge in [0, 0.05) is 20.3 Å². The maximum absolute atomic E-state index is 5.12. The van der Waals surface area contributed by atoms with Gasteiger partial charge in [0.15, 0.2) is 0 Å². The van der Waals surface area contributed by atoms with E-state index in [4.69, 9.17) is 9.47 Å². The first-order valence-electron chi connectivity index (χ1n) is 4.04. The molecule has 2 nitrogen and oxygen atoms in total. The summed E-state index contributed by atoms with van der Waals surface area (Å²) in [6.45, 7) is 5.75. The number of rotatable bonds is 1. The molecule has 1 aliphatic heterocycles. The van der Waals surface area contributed by atoms with E-state index >= 15 is 0 Å². The van der Waals surface area contributed by atoms with E-state index in [-0.39, 0.29) is 0 Å². The minimum Gasteiger partial charge on any atom is -0.381 e. The summed E-state index contributed by atoms with van der Waals surface area (Å²) in [5, 5.41) is 0. The highest BCUT2D eigenvalue weighted by atomic mass is 16.5. The van der Waals surface area contributed by atoms with E-state index < -0.39 is 0 Å². The summed E-state index contributed by atoms with van der Waals surface area (Å²) in [5.74, 6) is 0. The summed E-state index contributed by atoms with van der Waals surface area (Å²) in [4.78, 5) is 0. The minimum atomic E-state index is 0.462. The highest BCUT2D eigenvalue weighted by molar-refractivity contribution is 4.60. The molecule has 0 aromatic rings. The third kappa shape index (κ3) is 3.85. The number of hydrogen-bond acceptors (Lipinski definition) is 2. The van der Waals surface area contributed by atoms with Crippen LogP contribution in [0.2, 0.25) is 0 Å². The molecule has 0 N–H and O–H groups in total. The highest BCUT2D eigenvalue weighted by Crippen LogP contribution is 2.08. The van der Waals surface area contributed by atoms with Crippen molar-refractivity contribution in [1.82, 2.24) is 0 Å². The van der Waals surface area contributed by atoms with E-state index in [0.717, 1.165) is 26.1 Å². The zero-order chi connectivity index (χ0) is 7.82. The third-order valence-electron chi connectivity index (χ3n) is 1.50. The molecule has 0 saturated carbocycles. The molecule has 0 radical (unpaired) electrons. The van der Waals surface area contributed by atoms with Crippen molar-refractivity contribution >= 4 is 0 Å². The topological polar surface area (TPSA) is 18.5 Å². The van der Waals surface area contributed by atoms with Crippen molar-refractivity contribution in [3.63, 3.8) is 0 Å². The predicted octanol–water partition coefficient (Wildman–Crippen LogP) is 1.84. The zero-order valence-electron chi connectivity index (χ0n) is 7.22. The summed E-state index contributed by atoms with van der Waals surface area (Å²) >= 11 is 0. The Morgan fingerprint density at radius 3 is 2.00 bits per heavy atom. The van der Waals surface area contributed by atoms with E-state index in [2.05, 4.69) is 0 Å². The molecule has 1 heterocycles. The molecular weight excluding hydrogens is 128 g/mol. The molecular formula is C8H18O2. The lowest BCUT2D eigenvalue weighted by atomic mass is 10.2. The van der Waals surface area contributed by atoms with Gasteiger partial charge in [-0.05, 0) is 12.8 Å². The van der Waals surface area contributed by atoms with Crippen molar-refractivity contribution in [2.24, 2.45) is 0 Å². The quantitative estimate of drug-likeness (QED) is 0.562. The number of ether oxygens (including phenoxy) is 2. The molecule has 1 fully saturated rings. The first-order valence-corrected chi connectivity index (χ1v) is 4.04. The Labute approximate surface area is 63.5 Å². The normalized spacial score (nSPS) is 19.5. The fourth-order valence-corrected chi connectivity index (χ4v) is 0.912. The number of hydrogen-bond donors (Lipinski definition) is 0. The van der Waals surface area contributed by atoms with Gasteiger partial charge in [-0.3, -0.25) is 0 Å². The predicted molar refractivity (Wildman–Crippen MR) is 42.2 cm³/mol. The van der Waals surface area contributed by atoms with Crippen LogP contribution in [0.15, 0.2) is 0 Å². The van der Waals surface area contributed by atoms with Crippen LogP contribution in [0.3, 0.4) is 0 Å². The average Bonchev–Trinajstić information content (AvgIpc) is 2.10. The van der Waals surface area contributed by atoms with Crippen molar-refractivity contribution < 1.29 is 9.47 Å². The molecule has 0 aromatic carbocycles. The van der Waals surface area contributed by atoms with Crippen molar-refractivity contribution in [3.8, 4) is 0 Å². The fraction of sp³-hybridized carbons (Fsp3) is 1.00.